The van der Waals surface area contributed by atoms with Crippen LogP contribution in [0.3, 0.4) is 0 Å². The van der Waals surface area contributed by atoms with Gasteiger partial charge in [0.2, 0.25) is 5.91 Å². The fraction of sp³-hybridized carbons (Fsp3) is 0.214. The lowest BCUT2D eigenvalue weighted by atomic mass is 10.0. The third kappa shape index (κ3) is 7.76. The number of hydrogen-bond donors (Lipinski definition) is 2. The van der Waals surface area contributed by atoms with Crippen LogP contribution in [0.2, 0.25) is 0 Å². The molecule has 4 aromatic rings. The first kappa shape index (κ1) is 29.9. The van der Waals surface area contributed by atoms with Gasteiger partial charge in [-0.15, -0.1) is 0 Å². The highest BCUT2D eigenvalue weighted by Crippen LogP contribution is 2.39. The minimum absolute atomic E-state index is 0.111. The number of pyridine rings is 1. The summed E-state index contributed by atoms with van der Waals surface area (Å²) in [4.78, 5) is 16.3. The number of furan rings is 1. The topological polar surface area (TPSA) is 101 Å². The van der Waals surface area contributed by atoms with E-state index in [1.165, 1.54) is 61.8 Å². The number of halogens is 5. The van der Waals surface area contributed by atoms with Gasteiger partial charge in [-0.2, -0.15) is 13.2 Å². The molecule has 0 saturated heterocycles. The second-order valence-corrected chi connectivity index (χ2v) is 10.9. The zero-order valence-corrected chi connectivity index (χ0v) is 22.7. The molecule has 0 aliphatic rings. The summed E-state index contributed by atoms with van der Waals surface area (Å²) in [5, 5.41) is 2.73. The van der Waals surface area contributed by atoms with Gasteiger partial charge in [0.15, 0.2) is 0 Å². The number of amides is 1. The van der Waals surface area contributed by atoms with E-state index >= 15 is 0 Å². The van der Waals surface area contributed by atoms with Crippen LogP contribution in [0.4, 0.5) is 27.8 Å². The average molecular weight is 593 g/mol. The molecule has 1 unspecified atom stereocenters. The minimum atomic E-state index is -4.74. The average Bonchev–Trinajstić information content (AvgIpc) is 3.32. The maximum absolute atomic E-state index is 14.0. The van der Waals surface area contributed by atoms with Crippen molar-refractivity contribution >= 4 is 39.8 Å². The van der Waals surface area contributed by atoms with E-state index in [0.29, 0.717) is 23.9 Å². The Balaban J connectivity index is 1.54. The molecule has 1 atom stereocenters. The van der Waals surface area contributed by atoms with Crippen molar-refractivity contribution < 1.29 is 35.4 Å². The summed E-state index contributed by atoms with van der Waals surface area (Å²) in [5.74, 6) is -3.10. The van der Waals surface area contributed by atoms with Crippen molar-refractivity contribution in [3.8, 4) is 11.1 Å². The van der Waals surface area contributed by atoms with Gasteiger partial charge in [0.25, 0.3) is 5.92 Å². The summed E-state index contributed by atoms with van der Waals surface area (Å²) in [6.07, 6.45) is -0.505. The molecule has 0 aliphatic carbocycles. The molecule has 2 heterocycles. The highest BCUT2D eigenvalue weighted by Gasteiger charge is 2.35. The summed E-state index contributed by atoms with van der Waals surface area (Å²) >= 11 is 0. The molecule has 1 amide bonds. The summed E-state index contributed by atoms with van der Waals surface area (Å²) in [5.41, 5.74) is 5.37. The molecule has 41 heavy (non-hydrogen) atoms. The van der Waals surface area contributed by atoms with Gasteiger partial charge in [-0.1, -0.05) is 12.1 Å². The van der Waals surface area contributed by atoms with Gasteiger partial charge in [-0.3, -0.25) is 4.79 Å². The molecule has 0 aliphatic heterocycles. The zero-order chi connectivity index (χ0) is 29.9. The van der Waals surface area contributed by atoms with Crippen molar-refractivity contribution in [2.75, 3.05) is 19.3 Å². The molecule has 4 rings (SSSR count). The first-order valence-electron chi connectivity index (χ1n) is 12.1. The highest BCUT2D eigenvalue weighted by molar-refractivity contribution is 7.82. The monoisotopic (exact) mass is 592 g/mol. The van der Waals surface area contributed by atoms with E-state index in [4.69, 9.17) is 10.2 Å². The largest absolute Gasteiger partial charge is 0.459 e. The predicted molar refractivity (Wildman–Crippen MR) is 146 cm³/mol. The van der Waals surface area contributed by atoms with Crippen LogP contribution in [0.25, 0.3) is 28.2 Å². The summed E-state index contributed by atoms with van der Waals surface area (Å²) < 4.78 is 87.5. The van der Waals surface area contributed by atoms with E-state index in [1.807, 2.05) is 0 Å². The van der Waals surface area contributed by atoms with Crippen LogP contribution >= 0.6 is 0 Å². The maximum Gasteiger partial charge on any atom is 0.420 e. The molecule has 0 bridgehead atoms. The number of rotatable bonds is 9. The summed E-state index contributed by atoms with van der Waals surface area (Å²) in [7, 11) is -0.597. The molecule has 216 valence electrons. The molecule has 0 saturated carbocycles. The molecule has 13 heteroatoms. The SMILES string of the molecule is CN(CC(C)(F)F)S(=O)c1ccc(-c2cc(C(F)(F)F)c3oc(CNC(=O)/C=C/c4ccc(N)nc4)cc3c2)cc1. The number of carbonyl (C=O) groups excluding carboxylic acids is 1. The van der Waals surface area contributed by atoms with Gasteiger partial charge >= 0.3 is 6.18 Å². The van der Waals surface area contributed by atoms with Crippen LogP contribution in [0, 0.1) is 0 Å². The van der Waals surface area contributed by atoms with Gasteiger partial charge < -0.3 is 15.5 Å². The number of hydrogen-bond acceptors (Lipinski definition) is 5. The Kier molecular flexibility index (Phi) is 8.59. The zero-order valence-electron chi connectivity index (χ0n) is 21.8. The Labute approximate surface area is 234 Å². The van der Waals surface area contributed by atoms with Gasteiger partial charge in [0.05, 0.1) is 23.5 Å². The third-order valence-electron chi connectivity index (χ3n) is 5.82. The number of nitrogen functional groups attached to an aromatic ring is 1. The molecular formula is C28H25F5N4O3S. The molecule has 3 N–H and O–H groups in total. The highest BCUT2D eigenvalue weighted by atomic mass is 32.2. The van der Waals surface area contributed by atoms with Gasteiger partial charge in [0.1, 0.15) is 28.1 Å². The van der Waals surface area contributed by atoms with Crippen molar-refractivity contribution in [1.82, 2.24) is 14.6 Å². The molecule has 2 aromatic heterocycles. The van der Waals surface area contributed by atoms with Gasteiger partial charge in [-0.25, -0.2) is 22.3 Å². The fourth-order valence-corrected chi connectivity index (χ4v) is 5.06. The molecule has 0 radical (unpaired) electrons. The Morgan fingerprint density at radius 1 is 1.07 bits per heavy atom. The number of alkyl halides is 5. The molecule has 0 spiro atoms. The first-order valence-corrected chi connectivity index (χ1v) is 13.2. The number of fused-ring (bicyclic) bond motifs is 1. The van der Waals surface area contributed by atoms with E-state index in [2.05, 4.69) is 10.3 Å². The van der Waals surface area contributed by atoms with Gasteiger partial charge in [-0.05, 0) is 65.2 Å². The van der Waals surface area contributed by atoms with Crippen LogP contribution in [-0.2, 0) is 28.5 Å². The first-order chi connectivity index (χ1) is 19.2. The number of anilines is 1. The molecule has 0 fully saturated rings. The van der Waals surface area contributed by atoms with Gasteiger partial charge in [0, 0.05) is 31.6 Å². The van der Waals surface area contributed by atoms with E-state index in [0.717, 1.165) is 10.4 Å². The number of nitrogens with two attached hydrogens (primary N) is 1. The standard InChI is InChI=1S/C28H25F5N4O3S/c1-27(29,30)16-37(2)41(39)22-7-5-18(6-8-22)19-11-20-12-21(40-26(20)23(13-19)28(31,32)33)15-36-25(38)10-4-17-3-9-24(34)35-14-17/h3-14H,15-16H2,1-2H3,(H2,34,35)(H,36,38)/b10-4+. The van der Waals surface area contributed by atoms with Crippen molar-refractivity contribution in [2.24, 2.45) is 0 Å². The normalized spacial score (nSPS) is 13.3. The summed E-state index contributed by atoms with van der Waals surface area (Å²) in [6.45, 7) is -0.173. The fourth-order valence-electron chi connectivity index (χ4n) is 3.98. The number of benzene rings is 2. The molecule has 7 nitrogen and oxygen atoms in total. The number of nitrogens with one attached hydrogen (secondary N) is 1. The third-order valence-corrected chi connectivity index (χ3v) is 7.19. The lowest BCUT2D eigenvalue weighted by Crippen LogP contribution is -2.33. The Bertz CT molecular complexity index is 1590. The van der Waals surface area contributed by atoms with Crippen LogP contribution < -0.4 is 11.1 Å². The van der Waals surface area contributed by atoms with E-state index in [-0.39, 0.29) is 33.7 Å². The van der Waals surface area contributed by atoms with E-state index < -0.39 is 41.1 Å². The van der Waals surface area contributed by atoms with Crippen molar-refractivity contribution in [1.29, 1.82) is 0 Å². The van der Waals surface area contributed by atoms with Crippen LogP contribution in [0.15, 0.2) is 76.2 Å². The molecule has 2 aromatic carbocycles. The summed E-state index contributed by atoms with van der Waals surface area (Å²) in [6, 6.07) is 12.9. The van der Waals surface area contributed by atoms with Crippen molar-refractivity contribution in [3.63, 3.8) is 0 Å². The smallest absolute Gasteiger partial charge is 0.420 e. The van der Waals surface area contributed by atoms with Crippen LogP contribution in [0.5, 0.6) is 0 Å². The molecular weight excluding hydrogens is 567 g/mol. The lowest BCUT2D eigenvalue weighted by Gasteiger charge is -2.20. The van der Waals surface area contributed by atoms with E-state index in [1.54, 1.807) is 12.1 Å². The Hall–Kier alpha value is -4.10. The number of carbonyl (C=O) groups is 1. The minimum Gasteiger partial charge on any atom is -0.459 e. The van der Waals surface area contributed by atoms with Crippen molar-refractivity contribution in [2.45, 2.75) is 30.5 Å². The number of nitrogens with zero attached hydrogens (tertiary/aromatic N) is 2. The Morgan fingerprint density at radius 3 is 2.39 bits per heavy atom. The number of aromatic nitrogens is 1. The van der Waals surface area contributed by atoms with Crippen LogP contribution in [0.1, 0.15) is 23.8 Å². The van der Waals surface area contributed by atoms with E-state index in [9.17, 15) is 31.0 Å². The van der Waals surface area contributed by atoms with Crippen molar-refractivity contribution in [3.05, 3.63) is 83.8 Å². The Morgan fingerprint density at radius 2 is 1.78 bits per heavy atom. The maximum atomic E-state index is 14.0. The lowest BCUT2D eigenvalue weighted by molar-refractivity contribution is -0.136. The second-order valence-electron chi connectivity index (χ2n) is 9.35. The quantitative estimate of drug-likeness (QED) is 0.183. The predicted octanol–water partition coefficient (Wildman–Crippen LogP) is 6.04. The van der Waals surface area contributed by atoms with Crippen LogP contribution in [-0.4, -0.2) is 38.9 Å². The second kappa shape index (κ2) is 11.8.